The number of amides is 2. The van der Waals surface area contributed by atoms with E-state index < -0.39 is 23.7 Å². The minimum absolute atomic E-state index is 0.0232. The molecular formula is C24H17F3N6O2S. The van der Waals surface area contributed by atoms with E-state index in [1.165, 1.54) is 6.92 Å². The van der Waals surface area contributed by atoms with Crippen molar-refractivity contribution >= 4 is 50.0 Å². The van der Waals surface area contributed by atoms with Crippen LogP contribution in [0.5, 0.6) is 0 Å². The number of fused-ring (bicyclic) bond motifs is 2. The van der Waals surface area contributed by atoms with Gasteiger partial charge in [-0.25, -0.2) is 9.97 Å². The van der Waals surface area contributed by atoms with Gasteiger partial charge in [-0.05, 0) is 30.7 Å². The number of alkyl halides is 3. The predicted molar refractivity (Wildman–Crippen MR) is 130 cm³/mol. The van der Waals surface area contributed by atoms with Gasteiger partial charge in [0.25, 0.3) is 11.8 Å². The SMILES string of the molecule is Cc1cc(C(F)(F)F)nc2sc(C(N)=O)c(NC(=O)c3cc(-c4cnn(C)c4)nc4ccccc34)c12. The number of benzene rings is 1. The molecule has 2 amide bonds. The van der Waals surface area contributed by atoms with Crippen molar-refractivity contribution in [1.29, 1.82) is 0 Å². The smallest absolute Gasteiger partial charge is 0.365 e. The van der Waals surface area contributed by atoms with Gasteiger partial charge >= 0.3 is 6.18 Å². The largest absolute Gasteiger partial charge is 0.433 e. The lowest BCUT2D eigenvalue weighted by Gasteiger charge is -2.12. The molecule has 36 heavy (non-hydrogen) atoms. The number of rotatable bonds is 4. The normalized spacial score (nSPS) is 11.8. The summed E-state index contributed by atoms with van der Waals surface area (Å²) < 4.78 is 41.5. The third-order valence-corrected chi connectivity index (χ3v) is 6.67. The van der Waals surface area contributed by atoms with Crippen molar-refractivity contribution in [2.75, 3.05) is 5.32 Å². The second-order valence-electron chi connectivity index (χ2n) is 8.10. The Labute approximate surface area is 205 Å². The fourth-order valence-corrected chi connectivity index (χ4v) is 5.02. The highest BCUT2D eigenvalue weighted by molar-refractivity contribution is 7.21. The Kier molecular flexibility index (Phi) is 5.47. The van der Waals surface area contributed by atoms with Gasteiger partial charge in [-0.2, -0.15) is 18.3 Å². The summed E-state index contributed by atoms with van der Waals surface area (Å²) >= 11 is 0.696. The molecule has 0 atom stereocenters. The number of nitrogens with two attached hydrogens (primary N) is 1. The zero-order valence-corrected chi connectivity index (χ0v) is 19.7. The van der Waals surface area contributed by atoms with E-state index in [0.717, 1.165) is 6.07 Å². The number of aromatic nitrogens is 4. The van der Waals surface area contributed by atoms with Crippen molar-refractivity contribution in [1.82, 2.24) is 19.7 Å². The van der Waals surface area contributed by atoms with Crippen LogP contribution in [-0.4, -0.2) is 31.6 Å². The topological polar surface area (TPSA) is 116 Å². The lowest BCUT2D eigenvalue weighted by Crippen LogP contribution is -2.17. The number of nitrogens with one attached hydrogen (secondary N) is 1. The quantitative estimate of drug-likeness (QED) is 0.356. The van der Waals surface area contributed by atoms with Gasteiger partial charge in [0.05, 0.1) is 28.7 Å². The molecule has 12 heteroatoms. The van der Waals surface area contributed by atoms with Crippen LogP contribution in [0.4, 0.5) is 18.9 Å². The van der Waals surface area contributed by atoms with Crippen molar-refractivity contribution in [3.05, 3.63) is 70.5 Å². The maximum Gasteiger partial charge on any atom is 0.433 e. The molecule has 0 aliphatic rings. The molecule has 5 rings (SSSR count). The first kappa shape index (κ1) is 23.4. The number of pyridine rings is 2. The summed E-state index contributed by atoms with van der Waals surface area (Å²) in [7, 11) is 1.76. The van der Waals surface area contributed by atoms with E-state index >= 15 is 0 Å². The molecule has 0 fully saturated rings. The number of anilines is 1. The Hall–Kier alpha value is -4.32. The second-order valence-corrected chi connectivity index (χ2v) is 9.10. The maximum atomic E-state index is 13.6. The number of carbonyl (C=O) groups is 2. The van der Waals surface area contributed by atoms with Crippen LogP contribution in [0, 0.1) is 6.92 Å². The first-order chi connectivity index (χ1) is 17.0. The van der Waals surface area contributed by atoms with Gasteiger partial charge in [0.15, 0.2) is 0 Å². The molecule has 0 saturated heterocycles. The molecule has 1 aromatic carbocycles. The van der Waals surface area contributed by atoms with E-state index in [2.05, 4.69) is 20.4 Å². The van der Waals surface area contributed by atoms with E-state index in [0.29, 0.717) is 33.5 Å². The van der Waals surface area contributed by atoms with Gasteiger partial charge in [0.2, 0.25) is 0 Å². The molecule has 0 saturated carbocycles. The highest BCUT2D eigenvalue weighted by Gasteiger charge is 2.34. The molecule has 3 N–H and O–H groups in total. The molecule has 0 radical (unpaired) electrons. The molecule has 0 bridgehead atoms. The number of para-hydroxylation sites is 1. The predicted octanol–water partition coefficient (Wildman–Crippen LogP) is 4.92. The molecule has 182 valence electrons. The number of halogens is 3. The number of thiophene rings is 1. The lowest BCUT2D eigenvalue weighted by molar-refractivity contribution is -0.141. The van der Waals surface area contributed by atoms with Crippen LogP contribution >= 0.6 is 11.3 Å². The van der Waals surface area contributed by atoms with E-state index in [4.69, 9.17) is 5.73 Å². The monoisotopic (exact) mass is 510 g/mol. The summed E-state index contributed by atoms with van der Waals surface area (Å²) in [5.74, 6) is -1.47. The Morgan fingerprint density at radius 3 is 2.56 bits per heavy atom. The first-order valence-corrected chi connectivity index (χ1v) is 11.4. The molecule has 4 heterocycles. The van der Waals surface area contributed by atoms with Crippen molar-refractivity contribution in [2.24, 2.45) is 12.8 Å². The van der Waals surface area contributed by atoms with Crippen LogP contribution in [0.1, 0.15) is 31.3 Å². The number of primary amides is 1. The Morgan fingerprint density at radius 2 is 1.89 bits per heavy atom. The molecule has 4 aromatic heterocycles. The number of hydrogen-bond donors (Lipinski definition) is 2. The van der Waals surface area contributed by atoms with Gasteiger partial charge in [0, 0.05) is 29.6 Å². The molecule has 0 aliphatic heterocycles. The average molecular weight is 511 g/mol. The number of nitrogens with zero attached hydrogens (tertiary/aromatic N) is 4. The van der Waals surface area contributed by atoms with Crippen LogP contribution in [0.2, 0.25) is 0 Å². The van der Waals surface area contributed by atoms with Crippen LogP contribution in [0.15, 0.2) is 48.8 Å². The van der Waals surface area contributed by atoms with E-state index in [1.54, 1.807) is 54.5 Å². The molecule has 0 spiro atoms. The van der Waals surface area contributed by atoms with Crippen LogP contribution in [0.3, 0.4) is 0 Å². The second kappa shape index (κ2) is 8.41. The minimum Gasteiger partial charge on any atom is -0.365 e. The van der Waals surface area contributed by atoms with Gasteiger partial charge in [-0.3, -0.25) is 14.3 Å². The third kappa shape index (κ3) is 4.05. The van der Waals surface area contributed by atoms with Crippen LogP contribution < -0.4 is 11.1 Å². The molecular weight excluding hydrogens is 493 g/mol. The van der Waals surface area contributed by atoms with Crippen LogP contribution in [-0.2, 0) is 13.2 Å². The van der Waals surface area contributed by atoms with Crippen molar-refractivity contribution in [2.45, 2.75) is 13.1 Å². The van der Waals surface area contributed by atoms with Gasteiger partial charge in [0.1, 0.15) is 15.4 Å². The van der Waals surface area contributed by atoms with E-state index in [9.17, 15) is 22.8 Å². The molecule has 5 aromatic rings. The first-order valence-electron chi connectivity index (χ1n) is 10.5. The summed E-state index contributed by atoms with van der Waals surface area (Å²) in [5, 5.41) is 7.63. The lowest BCUT2D eigenvalue weighted by atomic mass is 10.0. The fraction of sp³-hybridized carbons (Fsp3) is 0.125. The Morgan fingerprint density at radius 1 is 1.14 bits per heavy atom. The highest BCUT2D eigenvalue weighted by atomic mass is 32.1. The number of hydrogen-bond acceptors (Lipinski definition) is 6. The van der Waals surface area contributed by atoms with Crippen molar-refractivity contribution < 1.29 is 22.8 Å². The minimum atomic E-state index is -4.67. The zero-order chi connectivity index (χ0) is 25.8. The number of aryl methyl sites for hydroxylation is 2. The molecule has 8 nitrogen and oxygen atoms in total. The molecule has 0 unspecified atom stereocenters. The molecule has 0 aliphatic carbocycles. The van der Waals surface area contributed by atoms with Crippen LogP contribution in [0.25, 0.3) is 32.4 Å². The Bertz CT molecular complexity index is 1690. The standard InChI is InChI=1S/C24H17F3N6O2S/c1-11-7-17(24(25,26)27)31-23-18(11)19(20(36-23)21(28)34)32-22(35)14-8-16(12-9-29-33(2)10-12)30-15-6-4-3-5-13(14)15/h3-10H,1-2H3,(H2,28,34)(H,32,35). The Balaban J connectivity index is 1.66. The van der Waals surface area contributed by atoms with Gasteiger partial charge in [-0.1, -0.05) is 18.2 Å². The average Bonchev–Trinajstić information content (AvgIpc) is 3.41. The summed E-state index contributed by atoms with van der Waals surface area (Å²) in [5.41, 5.74) is 6.65. The maximum absolute atomic E-state index is 13.6. The summed E-state index contributed by atoms with van der Waals surface area (Å²) in [6.07, 6.45) is -1.30. The highest BCUT2D eigenvalue weighted by Crippen LogP contribution is 2.40. The van der Waals surface area contributed by atoms with Gasteiger partial charge in [-0.15, -0.1) is 11.3 Å². The van der Waals surface area contributed by atoms with Crippen molar-refractivity contribution in [3.63, 3.8) is 0 Å². The summed E-state index contributed by atoms with van der Waals surface area (Å²) in [4.78, 5) is 33.9. The van der Waals surface area contributed by atoms with Crippen molar-refractivity contribution in [3.8, 4) is 11.3 Å². The van der Waals surface area contributed by atoms with E-state index in [-0.39, 0.29) is 31.9 Å². The zero-order valence-electron chi connectivity index (χ0n) is 18.8. The third-order valence-electron chi connectivity index (χ3n) is 5.57. The van der Waals surface area contributed by atoms with Gasteiger partial charge < -0.3 is 11.1 Å². The summed E-state index contributed by atoms with van der Waals surface area (Å²) in [6, 6.07) is 9.50. The fourth-order valence-electron chi connectivity index (χ4n) is 3.97. The van der Waals surface area contributed by atoms with E-state index in [1.807, 2.05) is 0 Å². The number of carbonyl (C=O) groups excluding carboxylic acids is 2. The summed E-state index contributed by atoms with van der Waals surface area (Å²) in [6.45, 7) is 1.45.